The summed E-state index contributed by atoms with van der Waals surface area (Å²) in [4.78, 5) is 0. The molecule has 2 nitrogen and oxygen atoms in total. The van der Waals surface area contributed by atoms with Crippen molar-refractivity contribution in [3.63, 3.8) is 0 Å². The molecule has 2 N–H and O–H groups in total. The van der Waals surface area contributed by atoms with Crippen molar-refractivity contribution in [3.8, 4) is 0 Å². The third kappa shape index (κ3) is 4.18. The van der Waals surface area contributed by atoms with Crippen molar-refractivity contribution >= 4 is 17.3 Å². The molecule has 0 amide bonds. The van der Waals surface area contributed by atoms with E-state index in [1.54, 1.807) is 0 Å². The van der Waals surface area contributed by atoms with E-state index in [0.29, 0.717) is 12.1 Å². The topological polar surface area (TPSA) is 24.1 Å². The predicted molar refractivity (Wildman–Crippen MR) is 79.4 cm³/mol. The van der Waals surface area contributed by atoms with Crippen LogP contribution in [0.1, 0.15) is 39.0 Å². The highest BCUT2D eigenvalue weighted by Gasteiger charge is 2.15. The van der Waals surface area contributed by atoms with Crippen LogP contribution < -0.4 is 10.6 Å². The van der Waals surface area contributed by atoms with E-state index in [0.717, 1.165) is 17.1 Å². The fraction of sp³-hybridized carbons (Fsp3) is 0.600. The van der Waals surface area contributed by atoms with E-state index < -0.39 is 0 Å². The first-order chi connectivity index (χ1) is 8.75. The van der Waals surface area contributed by atoms with Crippen molar-refractivity contribution in [3.05, 3.63) is 29.3 Å². The summed E-state index contributed by atoms with van der Waals surface area (Å²) in [6.45, 7) is 3.40. The fourth-order valence-electron chi connectivity index (χ4n) is 2.63. The fourth-order valence-corrected chi connectivity index (χ4v) is 2.82. The van der Waals surface area contributed by atoms with Crippen LogP contribution in [0.25, 0.3) is 0 Å². The summed E-state index contributed by atoms with van der Waals surface area (Å²) in [6, 6.07) is 9.05. The highest BCUT2D eigenvalue weighted by atomic mass is 35.5. The molecule has 1 aliphatic heterocycles. The van der Waals surface area contributed by atoms with Crippen molar-refractivity contribution in [2.75, 3.05) is 11.9 Å². The van der Waals surface area contributed by atoms with E-state index in [1.165, 1.54) is 32.2 Å². The average Bonchev–Trinajstić information content (AvgIpc) is 2.61. The number of hydrogen-bond donors (Lipinski definition) is 2. The number of hydrogen-bond acceptors (Lipinski definition) is 2. The Kier molecular flexibility index (Phi) is 5.33. The lowest BCUT2D eigenvalue weighted by atomic mass is 10.0. The Hall–Kier alpha value is -0.730. The number of halogens is 1. The SMILES string of the molecule is CC(CC1CCCCCN1)Nc1ccccc1Cl. The van der Waals surface area contributed by atoms with Crippen LogP contribution in [0.3, 0.4) is 0 Å². The van der Waals surface area contributed by atoms with Crippen LogP contribution in [0.5, 0.6) is 0 Å². The minimum absolute atomic E-state index is 0.445. The molecule has 1 aliphatic rings. The van der Waals surface area contributed by atoms with Gasteiger partial charge in [-0.1, -0.05) is 36.6 Å². The maximum Gasteiger partial charge on any atom is 0.0637 e. The third-order valence-corrected chi connectivity index (χ3v) is 3.91. The molecule has 2 unspecified atom stereocenters. The quantitative estimate of drug-likeness (QED) is 0.859. The van der Waals surface area contributed by atoms with Gasteiger partial charge in [0.25, 0.3) is 0 Å². The third-order valence-electron chi connectivity index (χ3n) is 3.58. The minimum atomic E-state index is 0.445. The monoisotopic (exact) mass is 266 g/mol. The maximum absolute atomic E-state index is 6.16. The molecule has 2 rings (SSSR count). The van der Waals surface area contributed by atoms with Gasteiger partial charge in [0, 0.05) is 12.1 Å². The normalized spacial score (nSPS) is 22.2. The van der Waals surface area contributed by atoms with Gasteiger partial charge in [-0.05, 0) is 44.9 Å². The smallest absolute Gasteiger partial charge is 0.0637 e. The van der Waals surface area contributed by atoms with Crippen LogP contribution in [-0.2, 0) is 0 Å². The van der Waals surface area contributed by atoms with E-state index in [9.17, 15) is 0 Å². The zero-order valence-corrected chi connectivity index (χ0v) is 11.8. The van der Waals surface area contributed by atoms with Crippen molar-refractivity contribution in [2.24, 2.45) is 0 Å². The molecule has 0 aliphatic carbocycles. The average molecular weight is 267 g/mol. The van der Waals surface area contributed by atoms with Crippen LogP contribution >= 0.6 is 11.6 Å². The Morgan fingerprint density at radius 1 is 1.33 bits per heavy atom. The number of para-hydroxylation sites is 1. The molecular formula is C15H23ClN2. The lowest BCUT2D eigenvalue weighted by molar-refractivity contribution is 0.456. The molecule has 0 saturated carbocycles. The second kappa shape index (κ2) is 7.01. The van der Waals surface area contributed by atoms with Crippen LogP contribution in [0.4, 0.5) is 5.69 Å². The molecule has 100 valence electrons. The molecule has 0 aromatic heterocycles. The first-order valence-corrected chi connectivity index (χ1v) is 7.38. The molecular weight excluding hydrogens is 244 g/mol. The standard InChI is InChI=1S/C15H23ClN2/c1-12(11-13-7-3-2-6-10-17-13)18-15-9-5-4-8-14(15)16/h4-5,8-9,12-13,17-18H,2-3,6-7,10-11H2,1H3. The Morgan fingerprint density at radius 2 is 2.17 bits per heavy atom. The van der Waals surface area contributed by atoms with Crippen molar-refractivity contribution in [1.29, 1.82) is 0 Å². The van der Waals surface area contributed by atoms with Gasteiger partial charge in [0.05, 0.1) is 10.7 Å². The van der Waals surface area contributed by atoms with Gasteiger partial charge in [0.15, 0.2) is 0 Å². The minimum Gasteiger partial charge on any atom is -0.381 e. The van der Waals surface area contributed by atoms with Crippen LogP contribution in [0, 0.1) is 0 Å². The molecule has 1 saturated heterocycles. The molecule has 2 atom stereocenters. The summed E-state index contributed by atoms with van der Waals surface area (Å²) in [5.41, 5.74) is 1.04. The first-order valence-electron chi connectivity index (χ1n) is 7.00. The Labute approximate surface area is 115 Å². The predicted octanol–water partition coefficient (Wildman–Crippen LogP) is 4.06. The highest BCUT2D eigenvalue weighted by Crippen LogP contribution is 2.22. The second-order valence-corrected chi connectivity index (χ2v) is 5.67. The van der Waals surface area contributed by atoms with E-state index in [4.69, 9.17) is 11.6 Å². The van der Waals surface area contributed by atoms with Crippen LogP contribution in [0.15, 0.2) is 24.3 Å². The summed E-state index contributed by atoms with van der Waals surface area (Å²) in [6.07, 6.45) is 6.51. The van der Waals surface area contributed by atoms with Crippen molar-refractivity contribution < 1.29 is 0 Å². The molecule has 1 aromatic rings. The molecule has 0 spiro atoms. The lowest BCUT2D eigenvalue weighted by Gasteiger charge is -2.22. The molecule has 0 bridgehead atoms. The highest BCUT2D eigenvalue weighted by molar-refractivity contribution is 6.33. The van der Waals surface area contributed by atoms with Gasteiger partial charge in [0.1, 0.15) is 0 Å². The second-order valence-electron chi connectivity index (χ2n) is 5.26. The zero-order chi connectivity index (χ0) is 12.8. The van der Waals surface area contributed by atoms with Gasteiger partial charge in [0.2, 0.25) is 0 Å². The largest absolute Gasteiger partial charge is 0.381 e. The van der Waals surface area contributed by atoms with Crippen LogP contribution in [0.2, 0.25) is 5.02 Å². The Morgan fingerprint density at radius 3 is 3.00 bits per heavy atom. The van der Waals surface area contributed by atoms with E-state index in [-0.39, 0.29) is 0 Å². The zero-order valence-electron chi connectivity index (χ0n) is 11.1. The van der Waals surface area contributed by atoms with E-state index >= 15 is 0 Å². The summed E-state index contributed by atoms with van der Waals surface area (Å²) in [5, 5.41) is 7.95. The molecule has 18 heavy (non-hydrogen) atoms. The van der Waals surface area contributed by atoms with E-state index in [2.05, 4.69) is 17.6 Å². The van der Waals surface area contributed by atoms with E-state index in [1.807, 2.05) is 24.3 Å². The summed E-state index contributed by atoms with van der Waals surface area (Å²) >= 11 is 6.16. The maximum atomic E-state index is 6.16. The number of rotatable bonds is 4. The molecule has 1 heterocycles. The Balaban J connectivity index is 1.84. The van der Waals surface area contributed by atoms with Gasteiger partial charge in [-0.25, -0.2) is 0 Å². The van der Waals surface area contributed by atoms with Crippen LogP contribution in [-0.4, -0.2) is 18.6 Å². The Bertz CT molecular complexity index is 359. The number of nitrogens with one attached hydrogen (secondary N) is 2. The molecule has 1 fully saturated rings. The van der Waals surface area contributed by atoms with Gasteiger partial charge < -0.3 is 10.6 Å². The van der Waals surface area contributed by atoms with Gasteiger partial charge >= 0.3 is 0 Å². The summed E-state index contributed by atoms with van der Waals surface area (Å²) in [7, 11) is 0. The number of benzene rings is 1. The van der Waals surface area contributed by atoms with Crippen molar-refractivity contribution in [1.82, 2.24) is 5.32 Å². The van der Waals surface area contributed by atoms with Crippen molar-refractivity contribution in [2.45, 2.75) is 51.1 Å². The number of anilines is 1. The van der Waals surface area contributed by atoms with Gasteiger partial charge in [-0.3, -0.25) is 0 Å². The molecule has 3 heteroatoms. The molecule has 0 radical (unpaired) electrons. The molecule has 1 aromatic carbocycles. The lowest BCUT2D eigenvalue weighted by Crippen LogP contribution is -2.33. The van der Waals surface area contributed by atoms with Gasteiger partial charge in [-0.2, -0.15) is 0 Å². The first kappa shape index (κ1) is 13.7. The summed E-state index contributed by atoms with van der Waals surface area (Å²) < 4.78 is 0. The van der Waals surface area contributed by atoms with Gasteiger partial charge in [-0.15, -0.1) is 0 Å². The summed E-state index contributed by atoms with van der Waals surface area (Å²) in [5.74, 6) is 0.